The lowest BCUT2D eigenvalue weighted by Gasteiger charge is -2.14. The molecule has 0 aliphatic carbocycles. The first-order valence-electron chi connectivity index (χ1n) is 11.8. The fraction of sp³-hybridized carbons (Fsp3) is 0.207. The predicted molar refractivity (Wildman–Crippen MR) is 151 cm³/mol. The highest BCUT2D eigenvalue weighted by atomic mass is 16.6. The van der Waals surface area contributed by atoms with E-state index in [2.05, 4.69) is 5.32 Å². The largest absolute Gasteiger partial charge is 0.493 e. The lowest BCUT2D eigenvalue weighted by atomic mass is 10.1. The van der Waals surface area contributed by atoms with Gasteiger partial charge in [0.05, 0.1) is 47.6 Å². The van der Waals surface area contributed by atoms with Gasteiger partial charge in [0.2, 0.25) is 5.75 Å². The van der Waals surface area contributed by atoms with Crippen LogP contribution in [-0.2, 0) is 0 Å². The summed E-state index contributed by atoms with van der Waals surface area (Å²) in [6.45, 7) is 0. The zero-order valence-corrected chi connectivity index (χ0v) is 23.0. The number of nitro groups is 1. The van der Waals surface area contributed by atoms with Crippen LogP contribution in [0.3, 0.4) is 0 Å². The number of ether oxygens (including phenoxy) is 6. The highest BCUT2D eigenvalue weighted by Gasteiger charge is 2.17. The second-order valence-electron chi connectivity index (χ2n) is 8.07. The van der Waals surface area contributed by atoms with Gasteiger partial charge in [0.1, 0.15) is 0 Å². The van der Waals surface area contributed by atoms with E-state index in [1.165, 1.54) is 58.9 Å². The zero-order chi connectivity index (χ0) is 29.2. The molecule has 0 radical (unpaired) electrons. The van der Waals surface area contributed by atoms with Gasteiger partial charge in [-0.05, 0) is 35.9 Å². The van der Waals surface area contributed by atoms with Crippen LogP contribution in [0.5, 0.6) is 34.5 Å². The maximum Gasteiger partial charge on any atom is 0.311 e. The van der Waals surface area contributed by atoms with Crippen molar-refractivity contribution in [3.8, 4) is 34.5 Å². The average molecular weight is 551 g/mol. The van der Waals surface area contributed by atoms with Gasteiger partial charge in [-0.15, -0.1) is 0 Å². The Morgan fingerprint density at radius 3 is 1.90 bits per heavy atom. The molecule has 11 nitrogen and oxygen atoms in total. The first kappa shape index (κ1) is 29.4. The predicted octanol–water partition coefficient (Wildman–Crippen LogP) is 5.63. The van der Waals surface area contributed by atoms with Crippen LogP contribution in [0.1, 0.15) is 21.5 Å². The molecule has 210 valence electrons. The zero-order valence-electron chi connectivity index (χ0n) is 23.0. The molecule has 0 aliphatic heterocycles. The van der Waals surface area contributed by atoms with Gasteiger partial charge in [-0.25, -0.2) is 0 Å². The molecule has 0 bridgehead atoms. The number of carbonyl (C=O) groups is 1. The molecule has 0 heterocycles. The van der Waals surface area contributed by atoms with E-state index in [-0.39, 0.29) is 17.0 Å². The molecule has 0 amide bonds. The molecule has 3 aromatic rings. The standard InChI is InChI=1S/C29H30N2O9/c1-35-24-10-9-20(15-22(24)31(33)34)23(32)11-12-30-21-17-26(37-3)25(36-2)16-19(21)8-7-18-13-27(38-4)29(40-6)28(14-18)39-5/h7-17,30H,1-6H3/b8-7-,12-11-. The average Bonchev–Trinajstić information content (AvgIpc) is 2.98. The number of anilines is 1. The van der Waals surface area contributed by atoms with E-state index < -0.39 is 10.7 Å². The Labute approximate surface area is 231 Å². The van der Waals surface area contributed by atoms with E-state index in [1.54, 1.807) is 38.5 Å². The fourth-order valence-corrected chi connectivity index (χ4v) is 3.83. The molecule has 0 spiro atoms. The number of carbonyl (C=O) groups excluding carboxylic acids is 1. The van der Waals surface area contributed by atoms with Gasteiger partial charge in [-0.2, -0.15) is 0 Å². The Hall–Kier alpha value is -5.19. The van der Waals surface area contributed by atoms with Crippen LogP contribution >= 0.6 is 0 Å². The van der Waals surface area contributed by atoms with Gasteiger partial charge in [0.25, 0.3) is 0 Å². The van der Waals surface area contributed by atoms with Gasteiger partial charge in [-0.1, -0.05) is 12.2 Å². The van der Waals surface area contributed by atoms with Crippen molar-refractivity contribution >= 4 is 29.3 Å². The lowest BCUT2D eigenvalue weighted by molar-refractivity contribution is -0.385. The SMILES string of the molecule is COc1cc(/C=C\c2cc(OC)c(OC)c(OC)c2)c(N/C=C\C(=O)c2ccc(OC)c([N+](=O)[O-])c2)cc1OC. The summed E-state index contributed by atoms with van der Waals surface area (Å²) in [6, 6.07) is 11.1. The van der Waals surface area contributed by atoms with E-state index in [9.17, 15) is 14.9 Å². The summed E-state index contributed by atoms with van der Waals surface area (Å²) in [6.07, 6.45) is 6.40. The second kappa shape index (κ2) is 13.6. The van der Waals surface area contributed by atoms with Crippen LogP contribution < -0.4 is 33.7 Å². The van der Waals surface area contributed by atoms with Crippen molar-refractivity contribution in [2.24, 2.45) is 0 Å². The Kier molecular flexibility index (Phi) is 9.95. The molecule has 0 aliphatic rings. The van der Waals surface area contributed by atoms with E-state index in [0.29, 0.717) is 40.0 Å². The Morgan fingerprint density at radius 2 is 1.35 bits per heavy atom. The van der Waals surface area contributed by atoms with Crippen molar-refractivity contribution in [3.05, 3.63) is 81.5 Å². The number of hydrogen-bond acceptors (Lipinski definition) is 10. The molecule has 11 heteroatoms. The maximum atomic E-state index is 12.7. The lowest BCUT2D eigenvalue weighted by Crippen LogP contribution is -2.01. The molecule has 0 atom stereocenters. The van der Waals surface area contributed by atoms with E-state index in [4.69, 9.17) is 28.4 Å². The van der Waals surface area contributed by atoms with Crippen molar-refractivity contribution in [1.29, 1.82) is 0 Å². The molecule has 0 saturated heterocycles. The maximum absolute atomic E-state index is 12.7. The Bertz CT molecular complexity index is 1420. The molecule has 0 fully saturated rings. The van der Waals surface area contributed by atoms with Crippen molar-refractivity contribution < 1.29 is 38.1 Å². The molecule has 3 aromatic carbocycles. The number of methoxy groups -OCH3 is 6. The fourth-order valence-electron chi connectivity index (χ4n) is 3.83. The van der Waals surface area contributed by atoms with E-state index in [1.807, 2.05) is 12.2 Å². The quantitative estimate of drug-likeness (QED) is 0.0941. The third-order valence-electron chi connectivity index (χ3n) is 5.83. The van der Waals surface area contributed by atoms with Gasteiger partial charge in [0, 0.05) is 41.2 Å². The molecule has 0 aromatic heterocycles. The van der Waals surface area contributed by atoms with Crippen molar-refractivity contribution in [3.63, 3.8) is 0 Å². The van der Waals surface area contributed by atoms with Gasteiger partial charge >= 0.3 is 5.69 Å². The third kappa shape index (κ3) is 6.62. The van der Waals surface area contributed by atoms with Crippen LogP contribution in [0.2, 0.25) is 0 Å². The van der Waals surface area contributed by atoms with Crippen molar-refractivity contribution in [1.82, 2.24) is 0 Å². The minimum Gasteiger partial charge on any atom is -0.493 e. The number of benzene rings is 3. The van der Waals surface area contributed by atoms with Crippen LogP contribution in [-0.4, -0.2) is 53.4 Å². The van der Waals surface area contributed by atoms with Crippen molar-refractivity contribution in [2.75, 3.05) is 48.0 Å². The monoisotopic (exact) mass is 550 g/mol. The summed E-state index contributed by atoms with van der Waals surface area (Å²) in [7, 11) is 8.99. The van der Waals surface area contributed by atoms with E-state index >= 15 is 0 Å². The van der Waals surface area contributed by atoms with Gasteiger partial charge in [-0.3, -0.25) is 14.9 Å². The molecule has 0 saturated carbocycles. The normalized spacial score (nSPS) is 10.8. The number of nitrogens with one attached hydrogen (secondary N) is 1. The summed E-state index contributed by atoms with van der Waals surface area (Å²) in [4.78, 5) is 23.4. The van der Waals surface area contributed by atoms with Crippen LogP contribution in [0, 0.1) is 10.1 Å². The summed E-state index contributed by atoms with van der Waals surface area (Å²) in [5.41, 5.74) is 1.94. The van der Waals surface area contributed by atoms with Crippen LogP contribution in [0.15, 0.2) is 54.7 Å². The number of rotatable bonds is 13. The number of hydrogen-bond donors (Lipinski definition) is 1. The summed E-state index contributed by atoms with van der Waals surface area (Å²) in [5.74, 6) is 2.10. The highest BCUT2D eigenvalue weighted by Crippen LogP contribution is 2.39. The number of nitrogens with zero attached hydrogens (tertiary/aromatic N) is 1. The van der Waals surface area contributed by atoms with E-state index in [0.717, 1.165) is 5.56 Å². The molecular formula is C29H30N2O9. The molecule has 40 heavy (non-hydrogen) atoms. The second-order valence-corrected chi connectivity index (χ2v) is 8.07. The van der Waals surface area contributed by atoms with Crippen LogP contribution in [0.25, 0.3) is 12.2 Å². The summed E-state index contributed by atoms with van der Waals surface area (Å²) in [5, 5.41) is 14.4. The first-order valence-corrected chi connectivity index (χ1v) is 11.8. The minimum atomic E-state index is -0.603. The van der Waals surface area contributed by atoms with Crippen LogP contribution in [0.4, 0.5) is 11.4 Å². The van der Waals surface area contributed by atoms with Crippen molar-refractivity contribution in [2.45, 2.75) is 0 Å². The Morgan fingerprint density at radius 1 is 0.750 bits per heavy atom. The van der Waals surface area contributed by atoms with Gasteiger partial charge in [0.15, 0.2) is 34.5 Å². The smallest absolute Gasteiger partial charge is 0.311 e. The molecule has 0 unspecified atom stereocenters. The molecule has 3 rings (SSSR count). The number of nitro benzene ring substituents is 1. The summed E-state index contributed by atoms with van der Waals surface area (Å²) >= 11 is 0. The van der Waals surface area contributed by atoms with Gasteiger partial charge < -0.3 is 33.7 Å². The Balaban J connectivity index is 1.94. The number of ketones is 1. The first-order chi connectivity index (χ1) is 19.3. The topological polar surface area (TPSA) is 128 Å². The minimum absolute atomic E-state index is 0.0671. The molecular weight excluding hydrogens is 520 g/mol. The molecule has 1 N–H and O–H groups in total. The third-order valence-corrected chi connectivity index (χ3v) is 5.83. The highest BCUT2D eigenvalue weighted by molar-refractivity contribution is 6.05. The number of allylic oxidation sites excluding steroid dienone is 1. The summed E-state index contributed by atoms with van der Waals surface area (Å²) < 4.78 is 32.1.